The van der Waals surface area contributed by atoms with Crippen LogP contribution in [-0.2, 0) is 0 Å². The number of hydrogen-bond acceptors (Lipinski definition) is 1. The van der Waals surface area contributed by atoms with Gasteiger partial charge in [0.05, 0.1) is 0 Å². The molecule has 0 N–H and O–H groups in total. The van der Waals surface area contributed by atoms with Crippen LogP contribution in [0.1, 0.15) is 114 Å². The molecule has 0 aromatic heterocycles. The molecule has 0 amide bonds. The minimum absolute atomic E-state index is 0.425. The molecule has 13 aliphatic carbocycles. The van der Waals surface area contributed by atoms with E-state index in [4.69, 9.17) is 0 Å². The third kappa shape index (κ3) is 1.09. The summed E-state index contributed by atoms with van der Waals surface area (Å²) in [6.45, 7) is 29.2. The molecule has 1 saturated heterocycles. The molecule has 14 aliphatic rings. The second kappa shape index (κ2) is 4.84. The van der Waals surface area contributed by atoms with E-state index in [9.17, 15) is 0 Å². The summed E-state index contributed by atoms with van der Waals surface area (Å²) >= 11 is 0. The Labute approximate surface area is 250 Å². The van der Waals surface area contributed by atoms with Crippen LogP contribution in [0, 0.1) is 113 Å². The molecule has 13 saturated carbocycles. The van der Waals surface area contributed by atoms with Gasteiger partial charge in [0, 0.05) is 17.0 Å². The van der Waals surface area contributed by atoms with E-state index in [0.29, 0.717) is 59.7 Å². The van der Waals surface area contributed by atoms with Crippen molar-refractivity contribution in [3.63, 3.8) is 0 Å². The quantitative estimate of drug-likeness (QED) is 0.292. The SMILES string of the molecule is CC1CC2(C)C3(C)C[C@@H]1C3C1CCC1CC13CC2(C)C1(C)C1(C)C2(C)C4(C)C(C)C5CC6[C@H]7[C@H]8N(C)C3(C)C81C72C564. The molecule has 19 unspecified atom stereocenters. The van der Waals surface area contributed by atoms with Crippen LogP contribution in [0.25, 0.3) is 0 Å². The Morgan fingerprint density at radius 1 is 0.683 bits per heavy atom. The monoisotopic (exact) mass is 551 g/mol. The van der Waals surface area contributed by atoms with Crippen LogP contribution in [0.2, 0.25) is 0 Å². The average molecular weight is 552 g/mol. The molecular weight excluding hydrogens is 494 g/mol. The van der Waals surface area contributed by atoms with Gasteiger partial charge in [-0.25, -0.2) is 0 Å². The molecule has 22 atom stereocenters. The van der Waals surface area contributed by atoms with Crippen LogP contribution in [0.3, 0.4) is 0 Å². The van der Waals surface area contributed by atoms with Crippen molar-refractivity contribution in [2.45, 2.75) is 126 Å². The summed E-state index contributed by atoms with van der Waals surface area (Å²) in [5.41, 5.74) is 6.62. The van der Waals surface area contributed by atoms with Gasteiger partial charge in [0.15, 0.2) is 0 Å². The largest absolute Gasteiger partial charge is 0.296 e. The first kappa shape index (κ1) is 23.3. The lowest BCUT2D eigenvalue weighted by Gasteiger charge is -3.23. The van der Waals surface area contributed by atoms with Crippen LogP contribution >= 0.6 is 0 Å². The van der Waals surface area contributed by atoms with Gasteiger partial charge in [-0.15, -0.1) is 0 Å². The lowest BCUT2D eigenvalue weighted by atomic mass is 8.82. The van der Waals surface area contributed by atoms with Crippen molar-refractivity contribution in [3.05, 3.63) is 0 Å². The molecule has 0 radical (unpaired) electrons. The Hall–Kier alpha value is -0.0400. The molecule has 14 fully saturated rings. The first-order valence-electron chi connectivity index (χ1n) is 18.8. The van der Waals surface area contributed by atoms with Gasteiger partial charge in [-0.05, 0) is 166 Å². The maximum absolute atomic E-state index is 3.16. The van der Waals surface area contributed by atoms with Crippen LogP contribution in [0.15, 0.2) is 0 Å². The maximum Gasteiger partial charge on any atom is 0.0326 e. The zero-order valence-corrected chi connectivity index (χ0v) is 28.2. The van der Waals surface area contributed by atoms with E-state index < -0.39 is 0 Å². The van der Waals surface area contributed by atoms with Crippen molar-refractivity contribution < 1.29 is 0 Å². The molecule has 1 nitrogen and oxygen atoms in total. The van der Waals surface area contributed by atoms with E-state index in [0.717, 1.165) is 64.7 Å². The second-order valence-corrected chi connectivity index (χ2v) is 22.1. The smallest absolute Gasteiger partial charge is 0.0326 e. The Bertz CT molecular complexity index is 1530. The Morgan fingerprint density at radius 2 is 1.41 bits per heavy atom. The van der Waals surface area contributed by atoms with Crippen molar-refractivity contribution >= 4 is 0 Å². The molecule has 1 heteroatoms. The standard InChI is InChI=1S/C40H57N/c1-19-15-30(4)29(3)17-23(19)26(29)22-13-12-21(22)16-37-18-31(30,5)33(37,7)35(9)34(8)32(6)20(2)24-14-25-27-28-40(35,36(37,10)41(28)11)39(27,34)38(24,25)32/h19-28H,12-18H2,1-11H3/t19?,20?,21?,22?,23-,24?,25?,26?,27-,28+,29?,30?,31?,32?,33?,34?,35?,36?,37?,38?,39?,40?/m0/s1. The van der Waals surface area contributed by atoms with E-state index in [1.165, 1.54) is 6.42 Å². The molecule has 1 aliphatic heterocycles. The van der Waals surface area contributed by atoms with Crippen LogP contribution < -0.4 is 0 Å². The van der Waals surface area contributed by atoms with Crippen LogP contribution in [-0.4, -0.2) is 23.5 Å². The lowest BCUT2D eigenvalue weighted by molar-refractivity contribution is -0.764. The third-order valence-electron chi connectivity index (χ3n) is 25.5. The Balaban J connectivity index is 1.15. The molecule has 4 spiro atoms. The number of fused-ring (bicyclic) bond motifs is 9. The highest BCUT2D eigenvalue weighted by Crippen LogP contribution is 3.27. The first-order chi connectivity index (χ1) is 19.0. The predicted octanol–water partition coefficient (Wildman–Crippen LogP) is 8.53. The Morgan fingerprint density at radius 3 is 2.10 bits per heavy atom. The summed E-state index contributed by atoms with van der Waals surface area (Å²) in [5.74, 6) is 9.28. The zero-order valence-electron chi connectivity index (χ0n) is 28.2. The van der Waals surface area contributed by atoms with E-state index in [1.54, 1.807) is 38.5 Å². The van der Waals surface area contributed by atoms with Crippen LogP contribution in [0.5, 0.6) is 0 Å². The fourth-order valence-electron chi connectivity index (χ4n) is 25.2. The predicted molar refractivity (Wildman–Crippen MR) is 162 cm³/mol. The number of piperidine rings is 1. The van der Waals surface area contributed by atoms with Crippen LogP contribution in [0.4, 0.5) is 0 Å². The van der Waals surface area contributed by atoms with Gasteiger partial charge in [-0.2, -0.15) is 0 Å². The maximum atomic E-state index is 3.16. The highest BCUT2D eigenvalue weighted by atomic mass is 15.5. The van der Waals surface area contributed by atoms with Gasteiger partial charge >= 0.3 is 0 Å². The van der Waals surface area contributed by atoms with Crippen molar-refractivity contribution in [2.24, 2.45) is 113 Å². The molecule has 14 rings (SSSR count). The van der Waals surface area contributed by atoms with E-state index in [1.807, 2.05) is 0 Å². The summed E-state index contributed by atoms with van der Waals surface area (Å²) in [4.78, 5) is 3.16. The average Bonchev–Trinajstić information content (AvgIpc) is 2.97. The van der Waals surface area contributed by atoms with Gasteiger partial charge in [-0.3, -0.25) is 4.90 Å². The van der Waals surface area contributed by atoms with Crippen molar-refractivity contribution in [1.29, 1.82) is 0 Å². The van der Waals surface area contributed by atoms with E-state index in [2.05, 4.69) is 81.2 Å². The molecule has 0 aromatic carbocycles. The van der Waals surface area contributed by atoms with Crippen molar-refractivity contribution in [3.8, 4) is 0 Å². The van der Waals surface area contributed by atoms with Gasteiger partial charge in [0.25, 0.3) is 0 Å². The fourth-order valence-corrected chi connectivity index (χ4v) is 25.2. The number of likely N-dealkylation sites (tertiary alicyclic amines) is 1. The summed E-state index contributed by atoms with van der Waals surface area (Å²) in [6, 6.07) is 0.917. The number of nitrogens with zero attached hydrogens (tertiary/aromatic N) is 1. The van der Waals surface area contributed by atoms with Gasteiger partial charge < -0.3 is 0 Å². The Kier molecular flexibility index (Phi) is 2.75. The molecule has 41 heavy (non-hydrogen) atoms. The molecule has 6 bridgehead atoms. The molecule has 1 heterocycles. The zero-order chi connectivity index (χ0) is 28.3. The number of hydrogen-bond donors (Lipinski definition) is 0. The van der Waals surface area contributed by atoms with Crippen molar-refractivity contribution in [2.75, 3.05) is 7.05 Å². The normalized spacial score (nSPS) is 88.8. The van der Waals surface area contributed by atoms with Gasteiger partial charge in [0.1, 0.15) is 0 Å². The van der Waals surface area contributed by atoms with E-state index in [-0.39, 0.29) is 0 Å². The number of rotatable bonds is 0. The first-order valence-corrected chi connectivity index (χ1v) is 18.8. The fraction of sp³-hybridized carbons (Fsp3) is 1.00. The minimum atomic E-state index is 0.425. The summed E-state index contributed by atoms with van der Waals surface area (Å²) in [7, 11) is 2.68. The summed E-state index contributed by atoms with van der Waals surface area (Å²) in [5, 5.41) is 0. The summed E-state index contributed by atoms with van der Waals surface area (Å²) in [6.07, 6.45) is 11.0. The molecule has 0 aromatic rings. The highest BCUT2D eigenvalue weighted by molar-refractivity contribution is 5.74. The minimum Gasteiger partial charge on any atom is -0.296 e. The van der Waals surface area contributed by atoms with Crippen molar-refractivity contribution in [1.82, 2.24) is 4.90 Å². The topological polar surface area (TPSA) is 3.24 Å². The lowest BCUT2D eigenvalue weighted by Crippen LogP contribution is -3.23. The van der Waals surface area contributed by atoms with Gasteiger partial charge in [-0.1, -0.05) is 62.3 Å². The summed E-state index contributed by atoms with van der Waals surface area (Å²) < 4.78 is 0. The van der Waals surface area contributed by atoms with Gasteiger partial charge in [0.2, 0.25) is 0 Å². The third-order valence-corrected chi connectivity index (χ3v) is 25.5. The van der Waals surface area contributed by atoms with E-state index >= 15 is 0 Å². The molecular formula is C40H57N. The molecule has 222 valence electrons. The highest BCUT2D eigenvalue weighted by Gasteiger charge is 3.27. The second-order valence-electron chi connectivity index (χ2n) is 22.1.